The van der Waals surface area contributed by atoms with Crippen LogP contribution in [0.5, 0.6) is 0 Å². The van der Waals surface area contributed by atoms with Crippen molar-refractivity contribution in [3.05, 3.63) is 0 Å². The van der Waals surface area contributed by atoms with E-state index in [9.17, 15) is 14.4 Å². The Morgan fingerprint density at radius 2 is 1.43 bits per heavy atom. The normalized spacial score (nSPS) is 14.0. The van der Waals surface area contributed by atoms with Gasteiger partial charge >= 0.3 is 12.1 Å². The Kier molecular flexibility index (Phi) is 7.54. The number of likely N-dealkylation sites (N-methyl/N-ethyl adjacent to an activating group) is 2. The Morgan fingerprint density at radius 3 is 1.78 bits per heavy atom. The first-order valence-electron chi connectivity index (χ1n) is 7.63. The average molecular weight is 330 g/mol. The van der Waals surface area contributed by atoms with E-state index in [4.69, 9.17) is 9.47 Å². The number of ether oxygens (including phenoxy) is 2. The zero-order chi connectivity index (χ0) is 18.5. The summed E-state index contributed by atoms with van der Waals surface area (Å²) in [7, 11) is 4.31. The first kappa shape index (κ1) is 21.2. The second-order valence-corrected chi connectivity index (χ2v) is 6.93. The van der Waals surface area contributed by atoms with Gasteiger partial charge in [0.1, 0.15) is 17.7 Å². The second-order valence-electron chi connectivity index (χ2n) is 6.93. The summed E-state index contributed by atoms with van der Waals surface area (Å²) in [5, 5.41) is 0. The quantitative estimate of drug-likeness (QED) is 0.720. The Balaban J connectivity index is 5.12. The minimum atomic E-state index is -0.763. The summed E-state index contributed by atoms with van der Waals surface area (Å²) < 4.78 is 10.0. The molecule has 0 aromatic heterocycles. The van der Waals surface area contributed by atoms with Gasteiger partial charge in [-0.2, -0.15) is 0 Å². The summed E-state index contributed by atoms with van der Waals surface area (Å²) in [6, 6.07) is -1.47. The molecule has 0 aliphatic carbocycles. The highest BCUT2D eigenvalue weighted by Gasteiger charge is 2.35. The van der Waals surface area contributed by atoms with Crippen LogP contribution in [0.3, 0.4) is 0 Å². The van der Waals surface area contributed by atoms with Gasteiger partial charge in [0, 0.05) is 14.1 Å². The highest BCUT2D eigenvalue weighted by molar-refractivity contribution is 5.89. The fourth-order valence-corrected chi connectivity index (χ4v) is 2.09. The van der Waals surface area contributed by atoms with Gasteiger partial charge in [0.25, 0.3) is 0 Å². The van der Waals surface area contributed by atoms with Crippen LogP contribution in [0.2, 0.25) is 0 Å². The highest BCUT2D eigenvalue weighted by atomic mass is 16.6. The van der Waals surface area contributed by atoms with Crippen LogP contribution in [-0.2, 0) is 19.1 Å². The lowest BCUT2D eigenvalue weighted by molar-refractivity contribution is -0.155. The van der Waals surface area contributed by atoms with Gasteiger partial charge in [-0.25, -0.2) is 9.59 Å². The zero-order valence-corrected chi connectivity index (χ0v) is 15.7. The number of methoxy groups -OCH3 is 1. The van der Waals surface area contributed by atoms with E-state index in [2.05, 4.69) is 0 Å². The minimum absolute atomic E-state index is 0.115. The Morgan fingerprint density at radius 1 is 0.957 bits per heavy atom. The number of esters is 1. The van der Waals surface area contributed by atoms with Gasteiger partial charge in [-0.15, -0.1) is 0 Å². The van der Waals surface area contributed by atoms with E-state index in [-0.39, 0.29) is 11.8 Å². The van der Waals surface area contributed by atoms with Crippen LogP contribution in [0, 0.1) is 5.92 Å². The molecule has 0 aliphatic heterocycles. The molecule has 23 heavy (non-hydrogen) atoms. The molecule has 0 aromatic carbocycles. The molecule has 0 aliphatic rings. The van der Waals surface area contributed by atoms with Gasteiger partial charge < -0.3 is 14.4 Å². The number of hydrogen-bond donors (Lipinski definition) is 0. The summed E-state index contributed by atoms with van der Waals surface area (Å²) in [5.41, 5.74) is -0.646. The summed E-state index contributed by atoms with van der Waals surface area (Å²) in [6.45, 7) is 10.5. The van der Waals surface area contributed by atoms with E-state index in [0.717, 1.165) is 0 Å². The molecule has 0 radical (unpaired) electrons. The highest BCUT2D eigenvalue weighted by Crippen LogP contribution is 2.15. The Labute approximate surface area is 138 Å². The predicted octanol–water partition coefficient (Wildman–Crippen LogP) is 1.90. The van der Waals surface area contributed by atoms with Crippen molar-refractivity contribution in [2.45, 2.75) is 59.2 Å². The third-order valence-corrected chi connectivity index (χ3v) is 3.46. The minimum Gasteiger partial charge on any atom is -0.467 e. The van der Waals surface area contributed by atoms with E-state index < -0.39 is 29.7 Å². The van der Waals surface area contributed by atoms with Crippen molar-refractivity contribution in [3.63, 3.8) is 0 Å². The van der Waals surface area contributed by atoms with Crippen LogP contribution < -0.4 is 0 Å². The molecule has 0 aromatic rings. The maximum atomic E-state index is 12.6. The van der Waals surface area contributed by atoms with Crippen molar-refractivity contribution in [1.29, 1.82) is 0 Å². The third-order valence-electron chi connectivity index (χ3n) is 3.46. The molecular weight excluding hydrogens is 300 g/mol. The molecular formula is C16H30N2O5. The summed E-state index contributed by atoms with van der Waals surface area (Å²) in [4.78, 5) is 39.1. The molecule has 0 N–H and O–H groups in total. The number of nitrogens with zero attached hydrogens (tertiary/aromatic N) is 2. The second kappa shape index (κ2) is 8.17. The molecule has 0 saturated heterocycles. The van der Waals surface area contributed by atoms with Crippen molar-refractivity contribution >= 4 is 18.0 Å². The fraction of sp³-hybridized carbons (Fsp3) is 0.812. The molecule has 0 fully saturated rings. The van der Waals surface area contributed by atoms with Crippen LogP contribution >= 0.6 is 0 Å². The molecule has 0 saturated carbocycles. The average Bonchev–Trinajstić information content (AvgIpc) is 2.42. The SMILES string of the molecule is COC(=O)C(C(C)C)N(C)C(=O)[C@@H](C)N(C)C(=O)OC(C)(C)C. The summed E-state index contributed by atoms with van der Waals surface area (Å²) >= 11 is 0. The van der Waals surface area contributed by atoms with Crippen molar-refractivity contribution in [2.24, 2.45) is 5.92 Å². The molecule has 0 spiro atoms. The lowest BCUT2D eigenvalue weighted by Crippen LogP contribution is -2.53. The standard InChI is InChI=1S/C16H30N2O5/c1-10(2)12(14(20)22-9)18(8)13(19)11(3)17(7)15(21)23-16(4,5)6/h10-12H,1-9H3/t11-,12?/m1/s1. The molecule has 2 amide bonds. The Bertz CT molecular complexity index is 442. The van der Waals surface area contributed by atoms with Crippen LogP contribution in [0.4, 0.5) is 4.79 Å². The molecule has 0 heterocycles. The number of amides is 2. The van der Waals surface area contributed by atoms with E-state index in [1.807, 2.05) is 13.8 Å². The van der Waals surface area contributed by atoms with Crippen molar-refractivity contribution < 1.29 is 23.9 Å². The van der Waals surface area contributed by atoms with E-state index in [0.29, 0.717) is 0 Å². The number of carbonyl (C=O) groups excluding carboxylic acids is 3. The predicted molar refractivity (Wildman–Crippen MR) is 86.9 cm³/mol. The Hall–Kier alpha value is -1.79. The third kappa shape index (κ3) is 6.08. The van der Waals surface area contributed by atoms with Crippen molar-refractivity contribution in [1.82, 2.24) is 9.80 Å². The molecule has 1 unspecified atom stereocenters. The molecule has 7 nitrogen and oxygen atoms in total. The lowest BCUT2D eigenvalue weighted by atomic mass is 10.0. The first-order chi connectivity index (χ1) is 10.3. The van der Waals surface area contributed by atoms with Gasteiger partial charge in [-0.3, -0.25) is 9.69 Å². The number of hydrogen-bond acceptors (Lipinski definition) is 5. The monoisotopic (exact) mass is 330 g/mol. The number of carbonyl (C=O) groups is 3. The van der Waals surface area contributed by atoms with Crippen LogP contribution in [0.25, 0.3) is 0 Å². The van der Waals surface area contributed by atoms with Gasteiger partial charge in [-0.05, 0) is 33.6 Å². The van der Waals surface area contributed by atoms with Gasteiger partial charge in [0.15, 0.2) is 0 Å². The van der Waals surface area contributed by atoms with E-state index in [1.54, 1.807) is 27.7 Å². The van der Waals surface area contributed by atoms with Gasteiger partial charge in [-0.1, -0.05) is 13.8 Å². The van der Waals surface area contributed by atoms with Crippen molar-refractivity contribution in [2.75, 3.05) is 21.2 Å². The lowest BCUT2D eigenvalue weighted by Gasteiger charge is -2.34. The van der Waals surface area contributed by atoms with Crippen LogP contribution in [0.1, 0.15) is 41.5 Å². The van der Waals surface area contributed by atoms with Crippen LogP contribution in [-0.4, -0.2) is 66.7 Å². The largest absolute Gasteiger partial charge is 0.467 e. The zero-order valence-electron chi connectivity index (χ0n) is 15.7. The molecule has 2 atom stereocenters. The fourth-order valence-electron chi connectivity index (χ4n) is 2.09. The summed E-state index contributed by atoms with van der Waals surface area (Å²) in [5.74, 6) is -0.958. The first-order valence-corrected chi connectivity index (χ1v) is 7.63. The van der Waals surface area contributed by atoms with Crippen molar-refractivity contribution in [3.8, 4) is 0 Å². The molecule has 0 rings (SSSR count). The smallest absolute Gasteiger partial charge is 0.410 e. The van der Waals surface area contributed by atoms with Crippen LogP contribution in [0.15, 0.2) is 0 Å². The molecule has 0 bridgehead atoms. The maximum Gasteiger partial charge on any atom is 0.410 e. The van der Waals surface area contributed by atoms with E-state index in [1.165, 1.54) is 31.0 Å². The van der Waals surface area contributed by atoms with Gasteiger partial charge in [0.05, 0.1) is 7.11 Å². The van der Waals surface area contributed by atoms with E-state index >= 15 is 0 Å². The summed E-state index contributed by atoms with van der Waals surface area (Å²) in [6.07, 6.45) is -0.592. The van der Waals surface area contributed by atoms with Gasteiger partial charge in [0.2, 0.25) is 5.91 Å². The molecule has 7 heteroatoms. The maximum absolute atomic E-state index is 12.6. The number of rotatable bonds is 5. The topological polar surface area (TPSA) is 76.2 Å². The molecule has 134 valence electrons.